The van der Waals surface area contributed by atoms with Crippen molar-refractivity contribution in [2.24, 2.45) is 0 Å². The van der Waals surface area contributed by atoms with E-state index in [4.69, 9.17) is 20.9 Å². The maximum atomic E-state index is 13.1. The molecule has 2 heterocycles. The van der Waals surface area contributed by atoms with E-state index in [0.29, 0.717) is 61.4 Å². The van der Waals surface area contributed by atoms with Crippen LogP contribution < -0.4 is 4.74 Å². The molecular weight excluding hydrogens is 506 g/mol. The number of aromatic nitrogens is 1. The van der Waals surface area contributed by atoms with Gasteiger partial charge in [0.05, 0.1) is 6.42 Å². The van der Waals surface area contributed by atoms with Crippen molar-refractivity contribution < 1.29 is 27.6 Å². The Morgan fingerprint density at radius 3 is 2.36 bits per heavy atom. The van der Waals surface area contributed by atoms with Crippen LogP contribution in [0.15, 0.2) is 51.9 Å². The number of carbonyl (C=O) groups is 1. The Morgan fingerprint density at radius 2 is 1.75 bits per heavy atom. The zero-order chi connectivity index (χ0) is 25.9. The molecule has 1 aliphatic heterocycles. The average molecular weight is 534 g/mol. The number of benzene rings is 2. The highest BCUT2D eigenvalue weighted by atomic mass is 35.5. The highest BCUT2D eigenvalue weighted by molar-refractivity contribution is 7.89. The molecule has 0 saturated carbocycles. The van der Waals surface area contributed by atoms with E-state index in [0.717, 1.165) is 11.1 Å². The van der Waals surface area contributed by atoms with Crippen LogP contribution in [0.25, 0.3) is 0 Å². The third kappa shape index (κ3) is 6.07. The van der Waals surface area contributed by atoms with Crippen molar-refractivity contribution in [3.8, 4) is 5.75 Å². The standard InChI is InChI=1S/C25H28ClN3O6S/c1-17-25(18(2)35-27-17)36(32,33)29-11-9-28(10-12-29)15-21-13-20(14-24(30)31)5-8-23(21)34-16-19-3-6-22(26)7-4-19/h3-8,13H,9-12,14-16H2,1-2H3,(H,30,31). The molecule has 1 N–H and O–H groups in total. The third-order valence-electron chi connectivity index (χ3n) is 6.08. The van der Waals surface area contributed by atoms with Crippen LogP contribution in [-0.4, -0.2) is 60.0 Å². The Morgan fingerprint density at radius 1 is 1.08 bits per heavy atom. The molecule has 9 nitrogen and oxygen atoms in total. The number of piperazine rings is 1. The summed E-state index contributed by atoms with van der Waals surface area (Å²) in [5, 5.41) is 13.6. The lowest BCUT2D eigenvalue weighted by Gasteiger charge is -2.34. The predicted molar refractivity (Wildman–Crippen MR) is 134 cm³/mol. The number of aryl methyl sites for hydroxylation is 2. The number of sulfonamides is 1. The van der Waals surface area contributed by atoms with Crippen LogP contribution in [0.5, 0.6) is 5.75 Å². The second-order valence-corrected chi connectivity index (χ2v) is 11.1. The van der Waals surface area contributed by atoms with Gasteiger partial charge in [0.2, 0.25) is 10.0 Å². The van der Waals surface area contributed by atoms with E-state index in [1.54, 1.807) is 38.1 Å². The fraction of sp³-hybridized carbons (Fsp3) is 0.360. The monoisotopic (exact) mass is 533 g/mol. The summed E-state index contributed by atoms with van der Waals surface area (Å²) in [5.41, 5.74) is 2.84. The number of hydrogen-bond donors (Lipinski definition) is 1. The zero-order valence-corrected chi connectivity index (χ0v) is 21.7. The van der Waals surface area contributed by atoms with Gasteiger partial charge in [0.1, 0.15) is 22.9 Å². The number of ether oxygens (including phenoxy) is 1. The Hall–Kier alpha value is -2.92. The first-order chi connectivity index (χ1) is 17.1. The van der Waals surface area contributed by atoms with Gasteiger partial charge in [-0.3, -0.25) is 9.69 Å². The van der Waals surface area contributed by atoms with Crippen LogP contribution in [-0.2, 0) is 34.4 Å². The highest BCUT2D eigenvalue weighted by Crippen LogP contribution is 2.27. The molecular formula is C25H28ClN3O6S. The van der Waals surface area contributed by atoms with Crippen molar-refractivity contribution in [3.05, 3.63) is 75.6 Å². The summed E-state index contributed by atoms with van der Waals surface area (Å²) in [4.78, 5) is 13.5. The molecule has 2 aromatic carbocycles. The summed E-state index contributed by atoms with van der Waals surface area (Å²) in [6, 6.07) is 12.8. The molecule has 1 fully saturated rings. The van der Waals surface area contributed by atoms with Gasteiger partial charge in [-0.1, -0.05) is 41.0 Å². The lowest BCUT2D eigenvalue weighted by Crippen LogP contribution is -2.48. The van der Waals surface area contributed by atoms with E-state index in [9.17, 15) is 18.3 Å². The van der Waals surface area contributed by atoms with E-state index in [1.165, 1.54) is 4.31 Å². The van der Waals surface area contributed by atoms with Crippen molar-refractivity contribution in [2.45, 2.75) is 38.3 Å². The molecule has 0 spiro atoms. The van der Waals surface area contributed by atoms with Gasteiger partial charge in [0.15, 0.2) is 5.76 Å². The van der Waals surface area contributed by atoms with E-state index >= 15 is 0 Å². The summed E-state index contributed by atoms with van der Waals surface area (Å²) in [6.07, 6.45) is -0.0894. The number of carboxylic acids is 1. The quantitative estimate of drug-likeness (QED) is 0.443. The molecule has 3 aromatic rings. The van der Waals surface area contributed by atoms with Crippen LogP contribution >= 0.6 is 11.6 Å². The van der Waals surface area contributed by atoms with Crippen molar-refractivity contribution >= 4 is 27.6 Å². The van der Waals surface area contributed by atoms with E-state index in [2.05, 4.69) is 10.1 Å². The molecule has 1 saturated heterocycles. The SMILES string of the molecule is Cc1noc(C)c1S(=O)(=O)N1CCN(Cc2cc(CC(=O)O)ccc2OCc2ccc(Cl)cc2)CC1. The van der Waals surface area contributed by atoms with Crippen LogP contribution in [0.2, 0.25) is 5.02 Å². The Kier molecular flexibility index (Phi) is 7.99. The van der Waals surface area contributed by atoms with Gasteiger partial charge < -0.3 is 14.4 Å². The summed E-state index contributed by atoms with van der Waals surface area (Å²) < 4.78 is 38.8. The molecule has 1 aromatic heterocycles. The van der Waals surface area contributed by atoms with Gasteiger partial charge in [0, 0.05) is 43.3 Å². The zero-order valence-electron chi connectivity index (χ0n) is 20.1. The third-order valence-corrected chi connectivity index (χ3v) is 8.47. The first-order valence-electron chi connectivity index (χ1n) is 11.5. The minimum atomic E-state index is -3.70. The molecule has 0 bridgehead atoms. The maximum absolute atomic E-state index is 13.1. The average Bonchev–Trinajstić information content (AvgIpc) is 3.18. The van der Waals surface area contributed by atoms with E-state index in [-0.39, 0.29) is 17.1 Å². The number of nitrogens with zero attached hydrogens (tertiary/aromatic N) is 3. The minimum Gasteiger partial charge on any atom is -0.489 e. The second kappa shape index (κ2) is 11.0. The largest absolute Gasteiger partial charge is 0.489 e. The van der Waals surface area contributed by atoms with Gasteiger partial charge in [-0.2, -0.15) is 4.31 Å². The first kappa shape index (κ1) is 26.2. The lowest BCUT2D eigenvalue weighted by atomic mass is 10.1. The van der Waals surface area contributed by atoms with Crippen molar-refractivity contribution in [1.29, 1.82) is 0 Å². The van der Waals surface area contributed by atoms with Gasteiger partial charge >= 0.3 is 5.97 Å². The summed E-state index contributed by atoms with van der Waals surface area (Å²) >= 11 is 5.96. The van der Waals surface area contributed by atoms with Gasteiger partial charge in [-0.25, -0.2) is 8.42 Å². The van der Waals surface area contributed by atoms with Gasteiger partial charge in [-0.15, -0.1) is 0 Å². The van der Waals surface area contributed by atoms with Gasteiger partial charge in [-0.05, 0) is 43.2 Å². The Labute approximate surface area is 215 Å². The smallest absolute Gasteiger partial charge is 0.307 e. The summed E-state index contributed by atoms with van der Waals surface area (Å²) in [5.74, 6) is 0.0337. The molecule has 4 rings (SSSR count). The Bertz CT molecular complexity index is 1310. The van der Waals surface area contributed by atoms with Crippen LogP contribution in [0, 0.1) is 13.8 Å². The van der Waals surface area contributed by atoms with E-state index < -0.39 is 16.0 Å². The number of hydrogen-bond acceptors (Lipinski definition) is 7. The number of carboxylic acid groups (broad SMARTS) is 1. The summed E-state index contributed by atoms with van der Waals surface area (Å²) in [6.45, 7) is 5.73. The Balaban J connectivity index is 1.46. The fourth-order valence-corrected chi connectivity index (χ4v) is 6.10. The van der Waals surface area contributed by atoms with Crippen LogP contribution in [0.3, 0.4) is 0 Å². The normalized spacial score (nSPS) is 15.2. The molecule has 0 aliphatic carbocycles. The van der Waals surface area contributed by atoms with Crippen molar-refractivity contribution in [2.75, 3.05) is 26.2 Å². The molecule has 0 atom stereocenters. The molecule has 1 aliphatic rings. The number of aliphatic carboxylic acids is 1. The minimum absolute atomic E-state index is 0.0894. The maximum Gasteiger partial charge on any atom is 0.307 e. The van der Waals surface area contributed by atoms with Crippen LogP contribution in [0.1, 0.15) is 28.1 Å². The lowest BCUT2D eigenvalue weighted by molar-refractivity contribution is -0.136. The molecule has 0 radical (unpaired) electrons. The molecule has 192 valence electrons. The van der Waals surface area contributed by atoms with E-state index in [1.807, 2.05) is 18.2 Å². The van der Waals surface area contributed by atoms with Crippen molar-refractivity contribution in [3.63, 3.8) is 0 Å². The first-order valence-corrected chi connectivity index (χ1v) is 13.3. The van der Waals surface area contributed by atoms with Crippen LogP contribution in [0.4, 0.5) is 0 Å². The van der Waals surface area contributed by atoms with Crippen molar-refractivity contribution in [1.82, 2.24) is 14.4 Å². The second-order valence-electron chi connectivity index (χ2n) is 8.76. The topological polar surface area (TPSA) is 113 Å². The molecule has 0 amide bonds. The summed E-state index contributed by atoms with van der Waals surface area (Å²) in [7, 11) is -3.70. The molecule has 0 unspecified atom stereocenters. The molecule has 11 heteroatoms. The number of halogens is 1. The predicted octanol–water partition coefficient (Wildman–Crippen LogP) is 3.66. The number of rotatable bonds is 9. The highest BCUT2D eigenvalue weighted by Gasteiger charge is 2.33. The molecule has 36 heavy (non-hydrogen) atoms. The van der Waals surface area contributed by atoms with Gasteiger partial charge in [0.25, 0.3) is 0 Å². The fourth-order valence-electron chi connectivity index (χ4n) is 4.26.